The number of nitrogens with one attached hydrogen (secondary N) is 1. The summed E-state index contributed by atoms with van der Waals surface area (Å²) in [6, 6.07) is 6.38. The van der Waals surface area contributed by atoms with Gasteiger partial charge in [0, 0.05) is 23.0 Å². The minimum Gasteiger partial charge on any atom is -0.348 e. The van der Waals surface area contributed by atoms with E-state index in [-0.39, 0.29) is 43.6 Å². The zero-order valence-corrected chi connectivity index (χ0v) is 22.1. The van der Waals surface area contributed by atoms with Gasteiger partial charge >= 0.3 is 18.3 Å². The van der Waals surface area contributed by atoms with E-state index < -0.39 is 35.9 Å². The van der Waals surface area contributed by atoms with E-state index >= 15 is 0 Å². The highest BCUT2D eigenvalue weighted by atomic mass is 79.9. The van der Waals surface area contributed by atoms with Crippen LogP contribution < -0.4 is 5.32 Å². The number of hydrogen-bond donors (Lipinski definition) is 1. The summed E-state index contributed by atoms with van der Waals surface area (Å²) in [6.45, 7) is 1.13. The molecule has 0 saturated carbocycles. The summed E-state index contributed by atoms with van der Waals surface area (Å²) in [7, 11) is 0. The van der Waals surface area contributed by atoms with Gasteiger partial charge in [-0.15, -0.1) is 0 Å². The molecule has 0 saturated heterocycles. The molecular weight excluding hydrogens is 623 g/mol. The number of allylic oxidation sites excluding steroid dienone is 1. The Hall–Kier alpha value is -1.75. The molecule has 0 spiro atoms. The maximum absolute atomic E-state index is 13.7. The van der Waals surface area contributed by atoms with Crippen LogP contribution in [0.2, 0.25) is 15.1 Å². The van der Waals surface area contributed by atoms with Crippen LogP contribution in [-0.4, -0.2) is 30.6 Å². The Kier molecular flexibility index (Phi) is 10.3. The van der Waals surface area contributed by atoms with Crippen molar-refractivity contribution in [3.63, 3.8) is 0 Å². The van der Waals surface area contributed by atoms with E-state index in [9.17, 15) is 35.9 Å². The number of hydrogen-bond acceptors (Lipinski definition) is 2. The van der Waals surface area contributed by atoms with E-state index in [1.807, 2.05) is 0 Å². The van der Waals surface area contributed by atoms with Crippen LogP contribution in [0.15, 0.2) is 40.9 Å². The number of ketones is 1. The van der Waals surface area contributed by atoms with Crippen molar-refractivity contribution in [3.8, 4) is 0 Å². The molecule has 2 aromatic carbocycles. The monoisotopic (exact) mass is 637 g/mol. The highest BCUT2D eigenvalue weighted by Gasteiger charge is 2.40. The number of Topliss-reactive ketones (excluding diaryl/α,β-unsaturated/α-hetero) is 1. The third-order valence-electron chi connectivity index (χ3n) is 4.89. The molecule has 2 atom stereocenters. The van der Waals surface area contributed by atoms with Crippen molar-refractivity contribution < 1.29 is 35.9 Å². The molecule has 0 bridgehead atoms. The van der Waals surface area contributed by atoms with Gasteiger partial charge in [0.2, 0.25) is 0 Å². The van der Waals surface area contributed by atoms with Gasteiger partial charge in [-0.2, -0.15) is 26.3 Å². The molecular formula is C23H17BrCl3F6NO2. The van der Waals surface area contributed by atoms with Gasteiger partial charge in [-0.05, 0) is 41.3 Å². The first kappa shape index (κ1) is 30.5. The number of benzene rings is 2. The predicted octanol–water partition coefficient (Wildman–Crippen LogP) is 8.66. The van der Waals surface area contributed by atoms with Gasteiger partial charge in [0.25, 0.3) is 0 Å². The second kappa shape index (κ2) is 12.2. The van der Waals surface area contributed by atoms with Crippen LogP contribution in [0, 0.1) is 5.92 Å². The van der Waals surface area contributed by atoms with Crippen LogP contribution in [0.3, 0.4) is 0 Å². The molecule has 0 aliphatic heterocycles. The Balaban J connectivity index is 2.16. The highest BCUT2D eigenvalue weighted by Crippen LogP contribution is 2.41. The number of carbonyl (C=O) groups is 2. The van der Waals surface area contributed by atoms with Gasteiger partial charge in [-0.25, -0.2) is 0 Å². The summed E-state index contributed by atoms with van der Waals surface area (Å²) in [5.74, 6) is -5.16. The smallest absolute Gasteiger partial charge is 0.348 e. The second-order valence-electron chi connectivity index (χ2n) is 7.86. The molecule has 0 radical (unpaired) electrons. The molecule has 36 heavy (non-hydrogen) atoms. The normalized spacial score (nSPS) is 14.1. The molecule has 0 aromatic heterocycles. The molecule has 0 aliphatic carbocycles. The van der Waals surface area contributed by atoms with Crippen LogP contribution in [-0.2, 0) is 4.79 Å². The van der Waals surface area contributed by atoms with Crippen molar-refractivity contribution in [1.29, 1.82) is 0 Å². The molecule has 196 valence electrons. The SMILES string of the molecule is CC(CNC(=O)C(F)(F)F)CC(=O)c1ccc(/C=C/C(c2cc(Cl)c(Cl)c(Cl)c2)C(F)(F)F)cc1Br. The molecule has 0 heterocycles. The Bertz CT molecular complexity index is 1140. The molecule has 1 N–H and O–H groups in total. The van der Waals surface area contributed by atoms with E-state index in [2.05, 4.69) is 15.9 Å². The first-order chi connectivity index (χ1) is 16.5. The molecule has 2 aromatic rings. The third-order valence-corrected chi connectivity index (χ3v) is 6.75. The summed E-state index contributed by atoms with van der Waals surface area (Å²) >= 11 is 20.8. The van der Waals surface area contributed by atoms with Crippen LogP contribution in [0.25, 0.3) is 6.08 Å². The summed E-state index contributed by atoms with van der Waals surface area (Å²) in [4.78, 5) is 23.4. The first-order valence-corrected chi connectivity index (χ1v) is 12.0. The molecule has 0 aliphatic rings. The van der Waals surface area contributed by atoms with Crippen molar-refractivity contribution in [2.45, 2.75) is 31.6 Å². The zero-order chi connectivity index (χ0) is 27.4. The lowest BCUT2D eigenvalue weighted by Crippen LogP contribution is -2.39. The topological polar surface area (TPSA) is 46.2 Å². The van der Waals surface area contributed by atoms with Gasteiger partial charge < -0.3 is 5.32 Å². The van der Waals surface area contributed by atoms with Gasteiger partial charge in [-0.3, -0.25) is 9.59 Å². The van der Waals surface area contributed by atoms with Crippen LogP contribution in [0.1, 0.15) is 40.7 Å². The number of halogens is 10. The maximum Gasteiger partial charge on any atom is 0.471 e. The predicted molar refractivity (Wildman–Crippen MR) is 131 cm³/mol. The van der Waals surface area contributed by atoms with Gasteiger partial charge in [0.1, 0.15) is 0 Å². The van der Waals surface area contributed by atoms with Crippen molar-refractivity contribution >= 4 is 68.5 Å². The number of rotatable bonds is 8. The van der Waals surface area contributed by atoms with E-state index in [0.717, 1.165) is 18.2 Å². The van der Waals surface area contributed by atoms with Crippen molar-refractivity contribution in [2.75, 3.05) is 6.54 Å². The second-order valence-corrected chi connectivity index (χ2v) is 9.90. The molecule has 3 nitrogen and oxygen atoms in total. The van der Waals surface area contributed by atoms with E-state index in [1.165, 1.54) is 31.2 Å². The average Bonchev–Trinajstić information content (AvgIpc) is 2.74. The summed E-state index contributed by atoms with van der Waals surface area (Å²) in [5.41, 5.74) is 0.310. The lowest BCUT2D eigenvalue weighted by molar-refractivity contribution is -0.173. The summed E-state index contributed by atoms with van der Waals surface area (Å²) < 4.78 is 78.2. The molecule has 1 amide bonds. The molecule has 13 heteroatoms. The average molecular weight is 640 g/mol. The van der Waals surface area contributed by atoms with Crippen molar-refractivity contribution in [3.05, 3.63) is 72.6 Å². The summed E-state index contributed by atoms with van der Waals surface area (Å²) in [6.07, 6.45) is -7.73. The van der Waals surface area contributed by atoms with Gasteiger partial charge in [-0.1, -0.05) is 75.9 Å². The van der Waals surface area contributed by atoms with Crippen LogP contribution in [0.5, 0.6) is 0 Å². The molecule has 2 rings (SSSR count). The quantitative estimate of drug-likeness (QED) is 0.179. The van der Waals surface area contributed by atoms with Crippen LogP contribution >= 0.6 is 50.7 Å². The fourth-order valence-corrected chi connectivity index (χ4v) is 4.33. The Morgan fingerprint density at radius 3 is 2.11 bits per heavy atom. The van der Waals surface area contributed by atoms with Crippen molar-refractivity contribution in [2.24, 2.45) is 5.92 Å². The van der Waals surface area contributed by atoms with Crippen LogP contribution in [0.4, 0.5) is 26.3 Å². The number of alkyl halides is 6. The number of amides is 1. The molecule has 2 unspecified atom stereocenters. The highest BCUT2D eigenvalue weighted by molar-refractivity contribution is 9.10. The third kappa shape index (κ3) is 8.39. The fourth-order valence-electron chi connectivity index (χ4n) is 3.10. The van der Waals surface area contributed by atoms with Gasteiger partial charge in [0.05, 0.1) is 21.0 Å². The maximum atomic E-state index is 13.7. The number of carbonyl (C=O) groups excluding carboxylic acids is 2. The first-order valence-electron chi connectivity index (χ1n) is 10.1. The van der Waals surface area contributed by atoms with E-state index in [0.29, 0.717) is 5.56 Å². The lowest BCUT2D eigenvalue weighted by atomic mass is 9.96. The minimum atomic E-state index is -5.02. The molecule has 0 fully saturated rings. The van der Waals surface area contributed by atoms with Gasteiger partial charge in [0.15, 0.2) is 5.78 Å². The Labute approximate surface area is 225 Å². The Morgan fingerprint density at radius 2 is 1.61 bits per heavy atom. The zero-order valence-electron chi connectivity index (χ0n) is 18.2. The van der Waals surface area contributed by atoms with E-state index in [1.54, 1.807) is 5.32 Å². The van der Waals surface area contributed by atoms with Crippen molar-refractivity contribution in [1.82, 2.24) is 5.32 Å². The lowest BCUT2D eigenvalue weighted by Gasteiger charge is -2.18. The fraction of sp³-hybridized carbons (Fsp3) is 0.304. The standard InChI is InChI=1S/C23H17BrCl3F6NO2/c1-11(10-34-21(36)23(31,32)33)6-19(35)14-4-2-12(7-16(14)24)3-5-15(22(28,29)30)13-8-17(25)20(27)18(26)9-13/h2-5,7-9,11,15H,6,10H2,1H3,(H,34,36)/b5-3+. The minimum absolute atomic E-state index is 0.0618. The summed E-state index contributed by atoms with van der Waals surface area (Å²) in [5, 5.41) is 1.40. The van der Waals surface area contributed by atoms with E-state index in [4.69, 9.17) is 34.8 Å². The Morgan fingerprint density at radius 1 is 1.03 bits per heavy atom. The largest absolute Gasteiger partial charge is 0.471 e.